The Morgan fingerprint density at radius 1 is 1.19 bits per heavy atom. The average molecular weight is 283 g/mol. The van der Waals surface area contributed by atoms with Gasteiger partial charge < -0.3 is 5.73 Å². The van der Waals surface area contributed by atoms with E-state index < -0.39 is 0 Å². The highest BCUT2D eigenvalue weighted by molar-refractivity contribution is 5.69. The monoisotopic (exact) mass is 283 g/mol. The lowest BCUT2D eigenvalue weighted by Gasteiger charge is -2.04. The van der Waals surface area contributed by atoms with Crippen LogP contribution in [-0.2, 0) is 6.42 Å². The predicted molar refractivity (Wildman–Crippen MR) is 79.0 cm³/mol. The van der Waals surface area contributed by atoms with Crippen LogP contribution in [0.5, 0.6) is 0 Å². The Morgan fingerprint density at radius 3 is 2.57 bits per heavy atom. The molecule has 0 bridgehead atoms. The van der Waals surface area contributed by atoms with Crippen molar-refractivity contribution in [1.82, 2.24) is 30.4 Å². The van der Waals surface area contributed by atoms with Crippen LogP contribution in [0.3, 0.4) is 0 Å². The van der Waals surface area contributed by atoms with Gasteiger partial charge in [-0.2, -0.15) is 15.0 Å². The molecule has 2 heterocycles. The van der Waals surface area contributed by atoms with Gasteiger partial charge in [0.05, 0.1) is 11.4 Å². The molecular formula is C14H17N7. The third-order valence-corrected chi connectivity index (χ3v) is 3.49. The molecule has 0 radical (unpaired) electrons. The molecule has 0 aliphatic rings. The Labute approximate surface area is 122 Å². The molecule has 0 fully saturated rings. The average Bonchev–Trinajstić information content (AvgIpc) is 3.09. The summed E-state index contributed by atoms with van der Waals surface area (Å²) in [5, 5.41) is 18.5. The van der Waals surface area contributed by atoms with E-state index in [0.717, 1.165) is 28.9 Å². The van der Waals surface area contributed by atoms with E-state index in [1.807, 2.05) is 13.8 Å². The van der Waals surface area contributed by atoms with E-state index in [0.29, 0.717) is 12.5 Å². The molecule has 0 saturated carbocycles. The summed E-state index contributed by atoms with van der Waals surface area (Å²) in [4.78, 5) is 0. The first-order valence-electron chi connectivity index (χ1n) is 6.80. The smallest absolute Gasteiger partial charge is 0.290 e. The first-order chi connectivity index (χ1) is 10.2. The Balaban J connectivity index is 2.02. The van der Waals surface area contributed by atoms with Crippen molar-refractivity contribution in [3.05, 3.63) is 41.2 Å². The highest BCUT2D eigenvalue weighted by Crippen LogP contribution is 2.28. The van der Waals surface area contributed by atoms with Gasteiger partial charge in [-0.25, -0.2) is 0 Å². The van der Waals surface area contributed by atoms with Crippen LogP contribution in [0, 0.1) is 13.8 Å². The van der Waals surface area contributed by atoms with Crippen LogP contribution in [0.4, 0.5) is 0 Å². The molecule has 0 saturated heterocycles. The minimum atomic E-state index is 0.446. The van der Waals surface area contributed by atoms with Crippen molar-refractivity contribution in [2.45, 2.75) is 20.3 Å². The lowest BCUT2D eigenvalue weighted by molar-refractivity contribution is 0.777. The van der Waals surface area contributed by atoms with Gasteiger partial charge >= 0.3 is 0 Å². The van der Waals surface area contributed by atoms with Crippen molar-refractivity contribution in [2.75, 3.05) is 6.54 Å². The quantitative estimate of drug-likeness (QED) is 0.749. The van der Waals surface area contributed by atoms with E-state index in [1.165, 1.54) is 5.56 Å². The molecule has 7 nitrogen and oxygen atoms in total. The first-order valence-corrected chi connectivity index (χ1v) is 6.80. The highest BCUT2D eigenvalue weighted by Gasteiger charge is 2.16. The largest absolute Gasteiger partial charge is 0.330 e. The number of aromatic nitrogens is 6. The maximum Gasteiger partial charge on any atom is 0.290 e. The lowest BCUT2D eigenvalue weighted by Crippen LogP contribution is -2.02. The summed E-state index contributed by atoms with van der Waals surface area (Å²) in [5.74, 6) is 0.446. The number of nitrogens with two attached hydrogens (primary N) is 1. The van der Waals surface area contributed by atoms with Crippen LogP contribution in [0.1, 0.15) is 17.0 Å². The van der Waals surface area contributed by atoms with Crippen molar-refractivity contribution in [2.24, 2.45) is 5.73 Å². The summed E-state index contributed by atoms with van der Waals surface area (Å²) in [6.45, 7) is 4.64. The van der Waals surface area contributed by atoms with Crippen LogP contribution in [0.2, 0.25) is 0 Å². The van der Waals surface area contributed by atoms with Gasteiger partial charge in [0, 0.05) is 5.56 Å². The van der Waals surface area contributed by atoms with E-state index in [1.54, 1.807) is 4.68 Å². The Morgan fingerprint density at radius 2 is 1.95 bits per heavy atom. The molecule has 0 aliphatic heterocycles. The van der Waals surface area contributed by atoms with Gasteiger partial charge in [-0.3, -0.25) is 0 Å². The summed E-state index contributed by atoms with van der Waals surface area (Å²) < 4.78 is 1.70. The molecule has 108 valence electrons. The van der Waals surface area contributed by atoms with Crippen molar-refractivity contribution < 1.29 is 0 Å². The molecule has 2 aromatic heterocycles. The first kappa shape index (κ1) is 13.4. The number of aromatic amines is 1. The number of hydrogen-bond acceptors (Lipinski definition) is 5. The number of nitrogens with one attached hydrogen (secondary N) is 1. The van der Waals surface area contributed by atoms with Crippen LogP contribution >= 0.6 is 0 Å². The number of benzene rings is 1. The van der Waals surface area contributed by atoms with E-state index in [-0.39, 0.29) is 0 Å². The second kappa shape index (κ2) is 5.45. The number of tetrazole rings is 1. The molecule has 3 aromatic rings. The Kier molecular flexibility index (Phi) is 3.49. The number of aryl methyl sites for hydroxylation is 1. The van der Waals surface area contributed by atoms with E-state index in [9.17, 15) is 0 Å². The molecule has 0 atom stereocenters. The topological polar surface area (TPSA) is 98.3 Å². The fraction of sp³-hybridized carbons (Fsp3) is 0.286. The highest BCUT2D eigenvalue weighted by atomic mass is 15.5. The van der Waals surface area contributed by atoms with Crippen LogP contribution < -0.4 is 5.73 Å². The van der Waals surface area contributed by atoms with Gasteiger partial charge in [-0.15, -0.1) is 5.10 Å². The summed E-state index contributed by atoms with van der Waals surface area (Å²) in [6.07, 6.45) is 0.889. The minimum Gasteiger partial charge on any atom is -0.330 e. The van der Waals surface area contributed by atoms with Gasteiger partial charge in [-0.1, -0.05) is 29.4 Å². The molecule has 1 aromatic carbocycles. The third-order valence-electron chi connectivity index (χ3n) is 3.49. The molecule has 0 amide bonds. The number of hydrogen-bond donors (Lipinski definition) is 2. The van der Waals surface area contributed by atoms with Gasteiger partial charge in [0.1, 0.15) is 0 Å². The molecule has 0 aliphatic carbocycles. The van der Waals surface area contributed by atoms with Gasteiger partial charge in [0.25, 0.3) is 5.95 Å². The normalized spacial score (nSPS) is 11.0. The van der Waals surface area contributed by atoms with E-state index in [2.05, 4.69) is 50.0 Å². The molecule has 0 spiro atoms. The molecule has 0 unspecified atom stereocenters. The van der Waals surface area contributed by atoms with Gasteiger partial charge in [0.2, 0.25) is 0 Å². The Bertz CT molecular complexity index is 726. The lowest BCUT2D eigenvalue weighted by atomic mass is 10.0. The molecular weight excluding hydrogens is 266 g/mol. The Hall–Kier alpha value is -2.54. The SMILES string of the molecule is Cc1nn(-c2nn[nH]n2)c(C)c1-c1ccc(CCN)cc1. The van der Waals surface area contributed by atoms with E-state index >= 15 is 0 Å². The fourth-order valence-corrected chi connectivity index (χ4v) is 2.51. The molecule has 3 rings (SSSR count). The summed E-state index contributed by atoms with van der Waals surface area (Å²) in [5.41, 5.74) is 11.0. The van der Waals surface area contributed by atoms with Crippen molar-refractivity contribution >= 4 is 0 Å². The van der Waals surface area contributed by atoms with Crippen molar-refractivity contribution in [1.29, 1.82) is 0 Å². The maximum atomic E-state index is 5.58. The number of H-pyrrole nitrogens is 1. The second-order valence-electron chi connectivity index (χ2n) is 4.91. The molecule has 21 heavy (non-hydrogen) atoms. The third kappa shape index (κ3) is 2.43. The van der Waals surface area contributed by atoms with Gasteiger partial charge in [0.15, 0.2) is 0 Å². The van der Waals surface area contributed by atoms with Crippen LogP contribution in [0.15, 0.2) is 24.3 Å². The van der Waals surface area contributed by atoms with Crippen molar-refractivity contribution in [3.8, 4) is 17.1 Å². The zero-order chi connectivity index (χ0) is 14.8. The van der Waals surface area contributed by atoms with Gasteiger partial charge in [-0.05, 0) is 43.2 Å². The maximum absolute atomic E-state index is 5.58. The minimum absolute atomic E-state index is 0.446. The van der Waals surface area contributed by atoms with E-state index in [4.69, 9.17) is 5.73 Å². The zero-order valence-corrected chi connectivity index (χ0v) is 12.0. The van der Waals surface area contributed by atoms with Crippen LogP contribution in [-0.4, -0.2) is 36.9 Å². The van der Waals surface area contributed by atoms with Crippen molar-refractivity contribution in [3.63, 3.8) is 0 Å². The summed E-state index contributed by atoms with van der Waals surface area (Å²) >= 11 is 0. The summed E-state index contributed by atoms with van der Waals surface area (Å²) in [7, 11) is 0. The fourth-order valence-electron chi connectivity index (χ4n) is 2.51. The summed E-state index contributed by atoms with van der Waals surface area (Å²) in [6, 6.07) is 8.41. The zero-order valence-electron chi connectivity index (χ0n) is 12.0. The second-order valence-corrected chi connectivity index (χ2v) is 4.91. The standard InChI is InChI=1S/C14H17N7/c1-9-13(12-5-3-11(4-6-12)7-8-15)10(2)21(18-9)14-16-19-20-17-14/h3-6H,7-8,15H2,1-2H3,(H,16,17,19,20). The van der Waals surface area contributed by atoms with Crippen LogP contribution in [0.25, 0.3) is 17.1 Å². The molecule has 7 heteroatoms. The predicted octanol–water partition coefficient (Wildman–Crippen LogP) is 1.17. The molecule has 3 N–H and O–H groups in total. The number of rotatable bonds is 4. The number of nitrogens with zero attached hydrogens (tertiary/aromatic N) is 5.